The zero-order valence-electron chi connectivity index (χ0n) is 34.3. The second-order valence-electron chi connectivity index (χ2n) is 15.4. The highest BCUT2D eigenvalue weighted by Gasteiger charge is 2.31. The van der Waals surface area contributed by atoms with E-state index in [9.17, 15) is 26.4 Å². The first-order valence-electron chi connectivity index (χ1n) is 19.9. The predicted octanol–water partition coefficient (Wildman–Crippen LogP) is 3.41. The molecule has 0 atom stereocenters. The van der Waals surface area contributed by atoms with Crippen LogP contribution >= 0.6 is 0 Å². The summed E-state index contributed by atoms with van der Waals surface area (Å²) in [5.41, 5.74) is 18.0. The molecule has 9 heterocycles. The number of sulfonamides is 2. The number of Topliss-reactive ketones (excluding diaryl/α,β-unsaturated/α-hetero) is 2. The fourth-order valence-corrected chi connectivity index (χ4v) is 9.46. The molecule has 0 aliphatic carbocycles. The van der Waals surface area contributed by atoms with Gasteiger partial charge in [0.05, 0.1) is 42.4 Å². The van der Waals surface area contributed by atoms with E-state index in [-0.39, 0.29) is 29.2 Å². The summed E-state index contributed by atoms with van der Waals surface area (Å²) >= 11 is 0. The Morgan fingerprint density at radius 3 is 1.57 bits per heavy atom. The van der Waals surface area contributed by atoms with Crippen molar-refractivity contribution in [3.63, 3.8) is 0 Å². The molecule has 9 rings (SSSR count). The highest BCUT2D eigenvalue weighted by atomic mass is 32.2. The number of fused-ring (bicyclic) bond motifs is 1. The number of nitrogens with zero attached hydrogens (tertiary/aromatic N) is 11. The zero-order chi connectivity index (χ0) is 44.5. The Hall–Kier alpha value is -6.75. The molecular weight excluding hydrogens is 849 g/mol. The number of nitrogens with two attached hydrogens (primary N) is 2. The summed E-state index contributed by atoms with van der Waals surface area (Å²) in [5.74, 6) is 0.978. The summed E-state index contributed by atoms with van der Waals surface area (Å²) in [6.07, 6.45) is 19.4. The van der Waals surface area contributed by atoms with Crippen molar-refractivity contribution in [1.82, 2.24) is 58.1 Å². The normalized spacial score (nSPS) is 15.8. The van der Waals surface area contributed by atoms with E-state index in [2.05, 4.69) is 40.1 Å². The van der Waals surface area contributed by atoms with Crippen LogP contribution in [0.4, 0.5) is 11.5 Å². The van der Waals surface area contributed by atoms with Crippen molar-refractivity contribution in [2.24, 2.45) is 11.8 Å². The number of carbonyl (C=O) groups excluding carboxylic acids is 2. The maximum absolute atomic E-state index is 12.8. The number of nitrogens with one attached hydrogen (secondary N) is 1. The molecule has 326 valence electrons. The highest BCUT2D eigenvalue weighted by Crippen LogP contribution is 2.30. The van der Waals surface area contributed by atoms with Crippen LogP contribution in [0, 0.1) is 11.8 Å². The van der Waals surface area contributed by atoms with Crippen LogP contribution in [0.15, 0.2) is 92.3 Å². The number of carbonyl (C=O) groups is 2. The lowest BCUT2D eigenvalue weighted by atomic mass is 9.90. The summed E-state index contributed by atoms with van der Waals surface area (Å²) in [4.78, 5) is 49.9. The second-order valence-corrected chi connectivity index (χ2v) is 19.3. The molecular formula is C41H44N14O6S2. The molecule has 2 saturated heterocycles. The molecule has 63 heavy (non-hydrogen) atoms. The number of nitrogen functional groups attached to an aromatic ring is 2. The summed E-state index contributed by atoms with van der Waals surface area (Å²) < 4.78 is 52.7. The second kappa shape index (κ2) is 17.6. The zero-order valence-corrected chi connectivity index (χ0v) is 35.9. The van der Waals surface area contributed by atoms with E-state index in [0.29, 0.717) is 86.0 Å². The number of aromatic amines is 1. The monoisotopic (exact) mass is 892 g/mol. The molecule has 2 aliphatic heterocycles. The number of imidazole rings is 1. The minimum atomic E-state index is -3.22. The van der Waals surface area contributed by atoms with Crippen molar-refractivity contribution in [1.29, 1.82) is 0 Å². The number of ketones is 2. The van der Waals surface area contributed by atoms with Crippen LogP contribution in [0.2, 0.25) is 0 Å². The molecule has 0 bridgehead atoms. The van der Waals surface area contributed by atoms with Crippen LogP contribution in [0.5, 0.6) is 0 Å². The van der Waals surface area contributed by atoms with Gasteiger partial charge in [0.15, 0.2) is 28.8 Å². The molecule has 20 nitrogen and oxygen atoms in total. The third-order valence-electron chi connectivity index (χ3n) is 11.3. The van der Waals surface area contributed by atoms with Crippen molar-refractivity contribution < 1.29 is 26.4 Å². The average Bonchev–Trinajstić information content (AvgIpc) is 4.09. The van der Waals surface area contributed by atoms with Crippen molar-refractivity contribution in [2.75, 3.05) is 50.2 Å². The smallest absolute Gasteiger partial charge is 0.211 e. The molecule has 2 fully saturated rings. The standard InChI is InChI=1S/C21H21N7O3S.C20H23N7O3S/c1-32(30,31)27-8-5-14(6-9-27)20(29)15-2-3-18(23-10-15)28-12-16(11-26-28)17-4-7-22-21-19(17)24-13-25-21;1-31(29,30)26-8-5-13(6-9-26)19(28)14-2-3-17(24-10-14)27-12-15(11-25-27)16-4-7-23-20(22)18(16)21/h2-4,7,10-14H,5-6,8-9H2,1H3,(H,22,24,25);2-4,7,10-13H,5-6,8-9,21H2,1H3,(H2,22,23). The fraction of sp³-hybridized carbons (Fsp3) is 0.293. The largest absolute Gasteiger partial charge is 0.395 e. The number of hydrogen-bond acceptors (Lipinski definition) is 15. The van der Waals surface area contributed by atoms with E-state index in [1.807, 2.05) is 12.3 Å². The molecule has 0 saturated carbocycles. The van der Waals surface area contributed by atoms with Crippen LogP contribution in [0.25, 0.3) is 45.1 Å². The first-order chi connectivity index (χ1) is 30.1. The van der Waals surface area contributed by atoms with Gasteiger partial charge in [-0.25, -0.2) is 59.7 Å². The lowest BCUT2D eigenvalue weighted by molar-refractivity contribution is 0.0868. The Labute approximate surface area is 362 Å². The number of piperidine rings is 2. The quantitative estimate of drug-likeness (QED) is 0.166. The maximum Gasteiger partial charge on any atom is 0.211 e. The van der Waals surface area contributed by atoms with Crippen LogP contribution in [0.3, 0.4) is 0 Å². The molecule has 0 aromatic carbocycles. The van der Waals surface area contributed by atoms with Gasteiger partial charge in [-0.05, 0) is 62.1 Å². The predicted molar refractivity (Wildman–Crippen MR) is 235 cm³/mol. The van der Waals surface area contributed by atoms with Crippen molar-refractivity contribution in [3.05, 3.63) is 103 Å². The van der Waals surface area contributed by atoms with E-state index in [4.69, 9.17) is 11.5 Å². The summed E-state index contributed by atoms with van der Waals surface area (Å²) in [6, 6.07) is 10.6. The van der Waals surface area contributed by atoms with E-state index in [1.54, 1.807) is 83.2 Å². The minimum Gasteiger partial charge on any atom is -0.395 e. The first kappa shape index (κ1) is 42.9. The third kappa shape index (κ3) is 9.38. The van der Waals surface area contributed by atoms with Crippen molar-refractivity contribution >= 4 is 54.3 Å². The van der Waals surface area contributed by atoms with E-state index in [0.717, 1.165) is 27.8 Å². The topological polar surface area (TPSA) is 277 Å². The Balaban J connectivity index is 0.000000173. The highest BCUT2D eigenvalue weighted by molar-refractivity contribution is 7.88. The van der Waals surface area contributed by atoms with Gasteiger partial charge in [0, 0.05) is 109 Å². The van der Waals surface area contributed by atoms with Gasteiger partial charge in [-0.3, -0.25) is 9.59 Å². The SMILES string of the molecule is CS(=O)(=O)N1CCC(C(=O)c2ccc(-n3cc(-c4ccnc(N)c4N)cn3)nc2)CC1.CS(=O)(=O)N1CCC(C(=O)c2ccc(-n3cc(-c4ccnc5nc[nH]c45)cn3)nc2)CC1. The fourth-order valence-electron chi connectivity index (χ4n) is 7.71. The van der Waals surface area contributed by atoms with Crippen molar-refractivity contribution in [3.8, 4) is 33.9 Å². The lowest BCUT2D eigenvalue weighted by Crippen LogP contribution is -2.39. The van der Waals surface area contributed by atoms with E-state index in [1.165, 1.54) is 27.3 Å². The molecule has 0 spiro atoms. The Kier molecular flexibility index (Phi) is 12.0. The Bertz CT molecular complexity index is 3010. The Morgan fingerprint density at radius 1 is 0.619 bits per heavy atom. The van der Waals surface area contributed by atoms with Gasteiger partial charge >= 0.3 is 0 Å². The molecule has 7 aromatic heterocycles. The molecule has 2 aliphatic rings. The lowest BCUT2D eigenvalue weighted by Gasteiger charge is -2.29. The van der Waals surface area contributed by atoms with Gasteiger partial charge in [0.2, 0.25) is 20.0 Å². The van der Waals surface area contributed by atoms with Gasteiger partial charge in [0.25, 0.3) is 0 Å². The Morgan fingerprint density at radius 2 is 1.10 bits per heavy atom. The number of aromatic nitrogens is 10. The minimum absolute atomic E-state index is 0.00298. The first-order valence-corrected chi connectivity index (χ1v) is 23.6. The number of rotatable bonds is 10. The molecule has 0 unspecified atom stereocenters. The van der Waals surface area contributed by atoms with Gasteiger partial charge in [-0.15, -0.1) is 0 Å². The van der Waals surface area contributed by atoms with Gasteiger partial charge in [-0.2, -0.15) is 10.2 Å². The number of H-pyrrole nitrogens is 1. The van der Waals surface area contributed by atoms with Crippen molar-refractivity contribution in [2.45, 2.75) is 25.7 Å². The number of pyridine rings is 4. The van der Waals surface area contributed by atoms with Crippen LogP contribution < -0.4 is 11.5 Å². The summed E-state index contributed by atoms with van der Waals surface area (Å²) in [6.45, 7) is 1.46. The van der Waals surface area contributed by atoms with Crippen LogP contribution in [0.1, 0.15) is 46.4 Å². The van der Waals surface area contributed by atoms with Crippen LogP contribution in [-0.4, -0.2) is 125 Å². The third-order valence-corrected chi connectivity index (χ3v) is 13.9. The maximum atomic E-state index is 12.8. The van der Waals surface area contributed by atoms with Crippen LogP contribution in [-0.2, 0) is 20.0 Å². The molecule has 5 N–H and O–H groups in total. The van der Waals surface area contributed by atoms with Gasteiger partial charge in [-0.1, -0.05) is 0 Å². The van der Waals surface area contributed by atoms with E-state index >= 15 is 0 Å². The summed E-state index contributed by atoms with van der Waals surface area (Å²) in [5, 5.41) is 8.72. The van der Waals surface area contributed by atoms with Gasteiger partial charge < -0.3 is 16.5 Å². The number of hydrogen-bond donors (Lipinski definition) is 3. The van der Waals surface area contributed by atoms with Gasteiger partial charge in [0.1, 0.15) is 5.82 Å². The molecule has 0 amide bonds. The summed E-state index contributed by atoms with van der Waals surface area (Å²) in [7, 11) is -6.43. The number of anilines is 2. The molecule has 22 heteroatoms. The molecule has 0 radical (unpaired) electrons. The average molecular weight is 893 g/mol. The van der Waals surface area contributed by atoms with E-state index < -0.39 is 20.0 Å². The molecule has 7 aromatic rings.